The van der Waals surface area contributed by atoms with Crippen molar-refractivity contribution in [2.24, 2.45) is 0 Å². The molecule has 1 aliphatic heterocycles. The molecule has 1 aromatic carbocycles. The van der Waals surface area contributed by atoms with Gasteiger partial charge in [0.1, 0.15) is 0 Å². The van der Waals surface area contributed by atoms with Crippen molar-refractivity contribution in [3.8, 4) is 0 Å². The van der Waals surface area contributed by atoms with Crippen LogP contribution in [0.25, 0.3) is 0 Å². The minimum atomic E-state index is -0.258. The topological polar surface area (TPSA) is 70.4 Å². The molecular weight excluding hydrogens is 324 g/mol. The van der Waals surface area contributed by atoms with E-state index >= 15 is 0 Å². The minimum absolute atomic E-state index is 0.258. The lowest BCUT2D eigenvalue weighted by molar-refractivity contribution is 0.250. The van der Waals surface area contributed by atoms with Crippen LogP contribution in [0.15, 0.2) is 34.9 Å². The summed E-state index contributed by atoms with van der Waals surface area (Å²) in [7, 11) is 0. The monoisotopic (exact) mass is 346 g/mol. The Morgan fingerprint density at radius 3 is 2.71 bits per heavy atom. The molecule has 24 heavy (non-hydrogen) atoms. The highest BCUT2D eigenvalue weighted by molar-refractivity contribution is 7.99. The summed E-state index contributed by atoms with van der Waals surface area (Å²) in [5.41, 5.74) is 2.86. The molecule has 2 N–H and O–H groups in total. The van der Waals surface area contributed by atoms with Gasteiger partial charge in [0.2, 0.25) is 0 Å². The third-order valence-corrected chi connectivity index (χ3v) is 4.84. The zero-order chi connectivity index (χ0) is 16.8. The van der Waals surface area contributed by atoms with Crippen LogP contribution in [0.2, 0.25) is 0 Å². The summed E-state index contributed by atoms with van der Waals surface area (Å²) in [6.07, 6.45) is 0.817. The van der Waals surface area contributed by atoms with Gasteiger partial charge in [0.15, 0.2) is 5.76 Å². The zero-order valence-corrected chi connectivity index (χ0v) is 14.6. The van der Waals surface area contributed by atoms with Crippen molar-refractivity contribution in [1.82, 2.24) is 10.5 Å². The number of hydrogen-bond donors (Lipinski definition) is 2. The van der Waals surface area contributed by atoms with Crippen molar-refractivity contribution in [3.63, 3.8) is 0 Å². The van der Waals surface area contributed by atoms with Crippen LogP contribution in [0, 0.1) is 0 Å². The van der Waals surface area contributed by atoms with Crippen molar-refractivity contribution in [2.45, 2.75) is 19.9 Å². The fraction of sp³-hybridized carbons (Fsp3) is 0.412. The number of urea groups is 1. The number of benzene rings is 1. The maximum Gasteiger partial charge on any atom is 0.319 e. The van der Waals surface area contributed by atoms with Crippen LogP contribution in [-0.4, -0.2) is 35.8 Å². The van der Waals surface area contributed by atoms with Gasteiger partial charge >= 0.3 is 6.03 Å². The molecule has 128 valence electrons. The van der Waals surface area contributed by atoms with E-state index in [0.29, 0.717) is 12.3 Å². The molecule has 0 saturated carbocycles. The largest absolute Gasteiger partial charge is 0.370 e. The van der Waals surface area contributed by atoms with Crippen LogP contribution in [0.3, 0.4) is 0 Å². The fourth-order valence-corrected chi connectivity index (χ4v) is 3.43. The number of thioether (sulfide) groups is 1. The highest BCUT2D eigenvalue weighted by atomic mass is 32.2. The normalized spacial score (nSPS) is 14.5. The first-order chi connectivity index (χ1) is 11.7. The van der Waals surface area contributed by atoms with Gasteiger partial charge in [0.25, 0.3) is 0 Å². The van der Waals surface area contributed by atoms with Gasteiger partial charge in [-0.1, -0.05) is 12.1 Å². The Labute approximate surface area is 146 Å². The molecule has 1 saturated heterocycles. The fourth-order valence-electron chi connectivity index (χ4n) is 2.53. The predicted molar refractivity (Wildman–Crippen MR) is 97.7 cm³/mol. The molecule has 0 radical (unpaired) electrons. The number of nitrogens with one attached hydrogen (secondary N) is 2. The van der Waals surface area contributed by atoms with E-state index in [1.54, 1.807) is 0 Å². The molecule has 0 atom stereocenters. The standard InChI is InChI=1S/C17H22N4O2S/c1-2-13-11-16(23-20-13)12-18-17(22)19-14-3-5-15(6-4-14)21-7-9-24-10-8-21/h3-6,11H,2,7-10,12H2,1H3,(H2,18,19,22). The number of carbonyl (C=O) groups is 1. The van der Waals surface area contributed by atoms with Gasteiger partial charge in [0.05, 0.1) is 12.2 Å². The number of anilines is 2. The number of carbonyl (C=O) groups excluding carboxylic acids is 1. The number of hydrogen-bond acceptors (Lipinski definition) is 5. The second kappa shape index (κ2) is 8.10. The van der Waals surface area contributed by atoms with E-state index in [1.807, 2.05) is 36.9 Å². The van der Waals surface area contributed by atoms with Crippen molar-refractivity contribution in [1.29, 1.82) is 0 Å². The van der Waals surface area contributed by atoms with Crippen LogP contribution >= 0.6 is 11.8 Å². The summed E-state index contributed by atoms with van der Waals surface area (Å²) in [4.78, 5) is 14.3. The maximum absolute atomic E-state index is 12.0. The van der Waals surface area contributed by atoms with Gasteiger partial charge in [-0.3, -0.25) is 0 Å². The minimum Gasteiger partial charge on any atom is -0.370 e. The van der Waals surface area contributed by atoms with E-state index < -0.39 is 0 Å². The number of rotatable bonds is 5. The SMILES string of the molecule is CCc1cc(CNC(=O)Nc2ccc(N3CCSCC3)cc2)on1. The zero-order valence-electron chi connectivity index (χ0n) is 13.7. The number of amides is 2. The highest BCUT2D eigenvalue weighted by Gasteiger charge is 2.11. The maximum atomic E-state index is 12.0. The van der Waals surface area contributed by atoms with Crippen LogP contribution < -0.4 is 15.5 Å². The van der Waals surface area contributed by atoms with Crippen molar-refractivity contribution in [2.75, 3.05) is 34.8 Å². The van der Waals surface area contributed by atoms with E-state index in [9.17, 15) is 4.79 Å². The smallest absolute Gasteiger partial charge is 0.319 e. The molecule has 2 amide bonds. The van der Waals surface area contributed by atoms with Gasteiger partial charge in [-0.05, 0) is 30.7 Å². The van der Waals surface area contributed by atoms with Gasteiger partial charge in [-0.2, -0.15) is 11.8 Å². The highest BCUT2D eigenvalue weighted by Crippen LogP contribution is 2.21. The lowest BCUT2D eigenvalue weighted by atomic mass is 10.2. The lowest BCUT2D eigenvalue weighted by Gasteiger charge is -2.28. The number of aryl methyl sites for hydroxylation is 1. The molecule has 7 heteroatoms. The molecule has 0 spiro atoms. The molecule has 2 heterocycles. The van der Waals surface area contributed by atoms with Crippen LogP contribution in [0.1, 0.15) is 18.4 Å². The molecule has 0 bridgehead atoms. The van der Waals surface area contributed by atoms with Crippen molar-refractivity contribution >= 4 is 29.2 Å². The Bertz CT molecular complexity index is 665. The number of nitrogens with zero attached hydrogens (tertiary/aromatic N) is 2. The first kappa shape index (κ1) is 16.7. The van der Waals surface area contributed by atoms with Gasteiger partial charge in [-0.15, -0.1) is 0 Å². The Morgan fingerprint density at radius 1 is 1.29 bits per heavy atom. The van der Waals surface area contributed by atoms with E-state index in [0.717, 1.165) is 30.9 Å². The summed E-state index contributed by atoms with van der Waals surface area (Å²) in [5, 5.41) is 9.49. The summed E-state index contributed by atoms with van der Waals surface area (Å²) < 4.78 is 5.14. The van der Waals surface area contributed by atoms with Crippen LogP contribution in [0.5, 0.6) is 0 Å². The summed E-state index contributed by atoms with van der Waals surface area (Å²) in [6, 6.07) is 9.56. The Hall–Kier alpha value is -2.15. The van der Waals surface area contributed by atoms with Crippen LogP contribution in [-0.2, 0) is 13.0 Å². The van der Waals surface area contributed by atoms with E-state index in [4.69, 9.17) is 4.52 Å². The molecule has 6 nitrogen and oxygen atoms in total. The van der Waals surface area contributed by atoms with Crippen molar-refractivity contribution in [3.05, 3.63) is 41.8 Å². The molecule has 1 fully saturated rings. The average Bonchev–Trinajstić information content (AvgIpc) is 3.10. The van der Waals surface area contributed by atoms with Crippen molar-refractivity contribution < 1.29 is 9.32 Å². The summed E-state index contributed by atoms with van der Waals surface area (Å²) in [5.74, 6) is 2.99. The average molecular weight is 346 g/mol. The van der Waals surface area contributed by atoms with Gasteiger partial charge in [0, 0.05) is 42.0 Å². The first-order valence-electron chi connectivity index (χ1n) is 8.16. The summed E-state index contributed by atoms with van der Waals surface area (Å²) >= 11 is 1.99. The Morgan fingerprint density at radius 2 is 2.04 bits per heavy atom. The predicted octanol–water partition coefficient (Wildman–Crippen LogP) is 3.11. The third kappa shape index (κ3) is 4.44. The van der Waals surface area contributed by atoms with E-state index in [1.165, 1.54) is 17.2 Å². The second-order valence-corrected chi connectivity index (χ2v) is 6.82. The third-order valence-electron chi connectivity index (χ3n) is 3.89. The molecular formula is C17H22N4O2S. The lowest BCUT2D eigenvalue weighted by Crippen LogP contribution is -2.32. The molecule has 2 aromatic rings. The van der Waals surface area contributed by atoms with E-state index in [-0.39, 0.29) is 6.03 Å². The molecule has 1 aromatic heterocycles. The van der Waals surface area contributed by atoms with E-state index in [2.05, 4.69) is 32.8 Å². The number of aromatic nitrogens is 1. The Balaban J connectivity index is 1.48. The van der Waals surface area contributed by atoms with Crippen LogP contribution in [0.4, 0.5) is 16.2 Å². The summed E-state index contributed by atoms with van der Waals surface area (Å²) in [6.45, 7) is 4.49. The molecule has 0 unspecified atom stereocenters. The molecule has 3 rings (SSSR count). The van der Waals surface area contributed by atoms with Gasteiger partial charge < -0.3 is 20.1 Å². The molecule has 1 aliphatic rings. The molecule has 0 aliphatic carbocycles. The Kier molecular flexibility index (Phi) is 5.63. The first-order valence-corrected chi connectivity index (χ1v) is 9.32. The second-order valence-electron chi connectivity index (χ2n) is 5.59. The van der Waals surface area contributed by atoms with Gasteiger partial charge in [-0.25, -0.2) is 4.79 Å². The quantitative estimate of drug-likeness (QED) is 0.870.